The number of hydrogen-bond donors (Lipinski definition) is 2. The molecule has 0 spiro atoms. The fraction of sp³-hybridized carbons (Fsp3) is 1.00. The molecule has 3 N–H and O–H groups in total. The van der Waals surface area contributed by atoms with Crippen molar-refractivity contribution in [2.24, 2.45) is 5.73 Å². The molecule has 0 aromatic heterocycles. The summed E-state index contributed by atoms with van der Waals surface area (Å²) < 4.78 is 4.48. The Balaban J connectivity index is 3.02. The number of alkyl halides is 1. The minimum Gasteiger partial charge on any atom is -0.370 e. The van der Waals surface area contributed by atoms with Crippen LogP contribution >= 0.6 is 22.6 Å². The van der Waals surface area contributed by atoms with Gasteiger partial charge in [-0.3, -0.25) is 5.73 Å². The molecule has 2 nitrogen and oxygen atoms in total. The van der Waals surface area contributed by atoms with Crippen LogP contribution in [-0.4, -0.2) is 9.32 Å². The Morgan fingerprint density at radius 2 is 2.50 bits per heavy atom. The van der Waals surface area contributed by atoms with Gasteiger partial charge in [-0.15, -0.1) is 0 Å². The van der Waals surface area contributed by atoms with Crippen LogP contribution in [0.4, 0.5) is 0 Å². The first-order valence-corrected chi connectivity index (χ1v) is 1.78. The lowest BCUT2D eigenvalue weighted by Gasteiger charge is -1.79. The molecule has 4 heavy (non-hydrogen) atoms. The molecule has 1 atom stereocenters. The van der Waals surface area contributed by atoms with E-state index in [0.717, 1.165) is 0 Å². The van der Waals surface area contributed by atoms with Crippen molar-refractivity contribution in [3.63, 3.8) is 0 Å². The second-order valence-electron chi connectivity index (χ2n) is 0.323. The smallest absolute Gasteiger partial charge is 0.155 e. The highest BCUT2D eigenvalue weighted by molar-refractivity contribution is 14.1. The highest BCUT2D eigenvalue weighted by Crippen LogP contribution is 1.77. The van der Waals surface area contributed by atoms with Crippen molar-refractivity contribution in [1.82, 2.24) is 0 Å². The van der Waals surface area contributed by atoms with E-state index in [0.29, 0.717) is 0 Å². The van der Waals surface area contributed by atoms with Gasteiger partial charge in [0.1, 0.15) is 0 Å². The number of hydrogen-bond acceptors (Lipinski definition) is 2. The van der Waals surface area contributed by atoms with Crippen LogP contribution in [0.1, 0.15) is 1.37 Å². The van der Waals surface area contributed by atoms with Crippen LogP contribution in [0.5, 0.6) is 0 Å². The molecule has 0 aliphatic heterocycles. The molecule has 0 aromatic carbocycles. The van der Waals surface area contributed by atoms with E-state index in [9.17, 15) is 0 Å². The monoisotopic (exact) mass is 174 g/mol. The maximum Gasteiger partial charge on any atom is 0.155 e. The molecule has 0 rings (SSSR count). The molecule has 0 bridgehead atoms. The second-order valence-corrected chi connectivity index (χ2v) is 1.43. The molecule has 0 saturated heterocycles. The average Bonchev–Trinajstić information content (AvgIpc) is 0.722. The van der Waals surface area contributed by atoms with E-state index < -0.39 is 4.21 Å². The summed E-state index contributed by atoms with van der Waals surface area (Å²) in [6.45, 7) is 0. The van der Waals surface area contributed by atoms with E-state index in [-0.39, 0.29) is 0 Å². The van der Waals surface area contributed by atoms with Gasteiger partial charge < -0.3 is 5.11 Å². The fourth-order valence-corrected chi connectivity index (χ4v) is 0. The van der Waals surface area contributed by atoms with Crippen LogP contribution in [0, 0.1) is 0 Å². The van der Waals surface area contributed by atoms with Crippen molar-refractivity contribution < 1.29 is 6.48 Å². The molecule has 0 saturated carbocycles. The van der Waals surface area contributed by atoms with Crippen molar-refractivity contribution in [2.45, 2.75) is 4.21 Å². The summed E-state index contributed by atoms with van der Waals surface area (Å²) in [6.07, 6.45) is 0. The fourth-order valence-electron chi connectivity index (χ4n) is 0. The van der Waals surface area contributed by atoms with Gasteiger partial charge in [-0.05, 0) is 22.6 Å². The summed E-state index contributed by atoms with van der Waals surface area (Å²) in [5, 5.41) is 7.95. The van der Waals surface area contributed by atoms with Crippen LogP contribution in [0.25, 0.3) is 0 Å². The summed E-state index contributed by atoms with van der Waals surface area (Å²) in [5.41, 5.74) is 4.56. The predicted molar refractivity (Wildman–Crippen MR) is 24.2 cm³/mol. The third kappa shape index (κ3) is 17.1. The number of nitrogens with two attached hydrogens (primary N) is 1. The Hall–Kier alpha value is 0.650. The molecule has 1 unspecified atom stereocenters. The summed E-state index contributed by atoms with van der Waals surface area (Å²) >= 11 is 1.38. The number of rotatable bonds is 0. The first-order valence-electron chi connectivity index (χ1n) is 1.20. The first kappa shape index (κ1) is 2.87. The lowest BCUT2D eigenvalue weighted by Crippen LogP contribution is -2.06. The summed E-state index contributed by atoms with van der Waals surface area (Å²) in [7, 11) is 0. The molecule has 0 aliphatic rings. The van der Waals surface area contributed by atoms with Crippen LogP contribution in [0.2, 0.25) is 0 Å². The van der Waals surface area contributed by atoms with Crippen molar-refractivity contribution >= 4 is 22.6 Å². The van der Waals surface area contributed by atoms with Gasteiger partial charge in [0.25, 0.3) is 0 Å². The van der Waals surface area contributed by atoms with E-state index in [1.807, 2.05) is 0 Å². The molecule has 0 heterocycles. The van der Waals surface area contributed by atoms with Crippen molar-refractivity contribution in [1.29, 1.82) is 0 Å². The Morgan fingerprint density at radius 3 is 2.50 bits per heavy atom. The van der Waals surface area contributed by atoms with Gasteiger partial charge in [0.15, 0.2) is 4.21 Å². The van der Waals surface area contributed by atoms with Crippen LogP contribution in [0.3, 0.4) is 0 Å². The molecule has 26 valence electrons. The largest absolute Gasteiger partial charge is 0.370 e. The molecular weight excluding hydrogens is 169 g/mol. The predicted octanol–water partition coefficient (Wildman–Crippen LogP) is -0.344. The maximum atomic E-state index is 7.95. The van der Waals surface area contributed by atoms with E-state index in [1.165, 1.54) is 22.6 Å². The van der Waals surface area contributed by atoms with Crippen LogP contribution < -0.4 is 5.73 Å². The van der Waals surface area contributed by atoms with Crippen LogP contribution in [-0.2, 0) is 0 Å². The van der Waals surface area contributed by atoms with E-state index in [4.69, 9.17) is 6.48 Å². The number of halogens is 1. The van der Waals surface area contributed by atoms with Crippen molar-refractivity contribution in [3.8, 4) is 0 Å². The van der Waals surface area contributed by atoms with Gasteiger partial charge in [-0.2, -0.15) is 0 Å². The summed E-state index contributed by atoms with van der Waals surface area (Å²) in [4.78, 5) is 0. The van der Waals surface area contributed by atoms with Gasteiger partial charge in [-0.1, -0.05) is 0 Å². The van der Waals surface area contributed by atoms with E-state index in [1.54, 1.807) is 0 Å². The molecule has 0 aromatic rings. The molecule has 0 radical (unpaired) electrons. The quantitative estimate of drug-likeness (QED) is 0.228. The minimum absolute atomic E-state index is 1.38. The summed E-state index contributed by atoms with van der Waals surface area (Å²) in [6, 6.07) is 0. The second kappa shape index (κ2) is 1.92. The lowest BCUT2D eigenvalue weighted by molar-refractivity contribution is 0.288. The zero-order chi connectivity index (χ0) is 4.50. The standard InChI is InChI=1S/CH4INO/c2-1(3)4/h1,4H,3H2/i1D. The Bertz CT molecular complexity index is 27.1. The Labute approximate surface area is 39.5 Å². The third-order valence-corrected chi connectivity index (χ3v) is 0. The molecular formula is CH4INO. The highest BCUT2D eigenvalue weighted by atomic mass is 127. The first-order chi connectivity index (χ1) is 2.00. The molecule has 3 heteroatoms. The maximum absolute atomic E-state index is 7.95. The lowest BCUT2D eigenvalue weighted by atomic mass is 11.4. The SMILES string of the molecule is [2H]C(N)(O)I. The van der Waals surface area contributed by atoms with Gasteiger partial charge in [0.05, 0.1) is 1.37 Å². The van der Waals surface area contributed by atoms with Gasteiger partial charge in [-0.25, -0.2) is 0 Å². The Kier molecular flexibility index (Phi) is 1.38. The third-order valence-electron chi connectivity index (χ3n) is 0. The highest BCUT2D eigenvalue weighted by Gasteiger charge is 1.71. The zero-order valence-electron chi connectivity index (χ0n) is 2.90. The number of aliphatic hydroxyl groups is 1. The zero-order valence-corrected chi connectivity index (χ0v) is 4.06. The van der Waals surface area contributed by atoms with E-state index >= 15 is 0 Å². The molecule has 0 aliphatic carbocycles. The van der Waals surface area contributed by atoms with Gasteiger partial charge in [0, 0.05) is 0 Å². The summed E-state index contributed by atoms with van der Waals surface area (Å²) in [5.74, 6) is 0. The normalized spacial score (nSPS) is 27.2. The minimum atomic E-state index is -1.78. The van der Waals surface area contributed by atoms with Gasteiger partial charge >= 0.3 is 0 Å². The molecule has 0 amide bonds. The van der Waals surface area contributed by atoms with Gasteiger partial charge in [0.2, 0.25) is 0 Å². The van der Waals surface area contributed by atoms with Crippen LogP contribution in [0.15, 0.2) is 0 Å². The van der Waals surface area contributed by atoms with Crippen molar-refractivity contribution in [3.05, 3.63) is 0 Å². The average molecular weight is 174 g/mol. The van der Waals surface area contributed by atoms with Crippen molar-refractivity contribution in [2.75, 3.05) is 0 Å². The Morgan fingerprint density at radius 1 is 2.50 bits per heavy atom. The topological polar surface area (TPSA) is 46.2 Å². The van der Waals surface area contributed by atoms with E-state index in [2.05, 4.69) is 5.73 Å². The molecule has 0 fully saturated rings.